The van der Waals surface area contributed by atoms with Crippen LogP contribution in [0.15, 0.2) is 11.2 Å². The maximum Gasteiger partial charge on any atom is 0.319 e. The van der Waals surface area contributed by atoms with Crippen molar-refractivity contribution in [3.8, 4) is 0 Å². The Bertz CT molecular complexity index is 257. The molecule has 0 aromatic rings. The Kier molecular flexibility index (Phi) is 8.71. The molecule has 0 fully saturated rings. The fraction of sp³-hybridized carbons (Fsp3) is 0.727. The average Bonchev–Trinajstić information content (AvgIpc) is 2.81. The fourth-order valence-electron chi connectivity index (χ4n) is 0.904. The Morgan fingerprint density at radius 3 is 2.53 bits per heavy atom. The van der Waals surface area contributed by atoms with Crippen molar-refractivity contribution in [1.82, 2.24) is 16.4 Å². The Balaban J connectivity index is 0.00000121. The molecule has 1 atom stereocenters. The number of hydrazine groups is 2. The molecule has 1 heterocycles. The first kappa shape index (κ1) is 16.1. The molecule has 6 heteroatoms. The van der Waals surface area contributed by atoms with Crippen LogP contribution in [-0.4, -0.2) is 17.8 Å². The number of rotatable bonds is 5. The third kappa shape index (κ3) is 7.12. The van der Waals surface area contributed by atoms with Crippen LogP contribution in [0, 0.1) is 5.92 Å². The van der Waals surface area contributed by atoms with E-state index in [4.69, 9.17) is 4.74 Å². The van der Waals surface area contributed by atoms with Gasteiger partial charge in [-0.25, -0.2) is 0 Å². The van der Waals surface area contributed by atoms with E-state index >= 15 is 0 Å². The van der Waals surface area contributed by atoms with Gasteiger partial charge in [0.25, 0.3) is 0 Å². The molecule has 0 aromatic carbocycles. The van der Waals surface area contributed by atoms with Gasteiger partial charge in [-0.3, -0.25) is 10.2 Å². The zero-order chi connectivity index (χ0) is 13.3. The molecule has 3 N–H and O–H groups in total. The minimum atomic E-state index is -0.204. The van der Waals surface area contributed by atoms with E-state index < -0.39 is 0 Å². The first-order valence-corrected chi connectivity index (χ1v) is 6.77. The van der Waals surface area contributed by atoms with Gasteiger partial charge in [0.05, 0.1) is 6.61 Å². The molecule has 5 nitrogen and oxygen atoms in total. The Morgan fingerprint density at radius 2 is 2.06 bits per heavy atom. The van der Waals surface area contributed by atoms with Gasteiger partial charge >= 0.3 is 5.97 Å². The molecule has 17 heavy (non-hydrogen) atoms. The van der Waals surface area contributed by atoms with Crippen LogP contribution in [-0.2, 0) is 9.53 Å². The highest BCUT2D eigenvalue weighted by Gasteiger charge is 2.18. The highest BCUT2D eigenvalue weighted by Crippen LogP contribution is 2.20. The second-order valence-electron chi connectivity index (χ2n) is 3.69. The summed E-state index contributed by atoms with van der Waals surface area (Å²) in [6, 6.07) is 0. The lowest BCUT2D eigenvalue weighted by atomic mass is 10.2. The van der Waals surface area contributed by atoms with Crippen LogP contribution >= 0.6 is 11.8 Å². The van der Waals surface area contributed by atoms with Gasteiger partial charge in [-0.15, -0.1) is 0 Å². The minimum Gasteiger partial charge on any atom is -0.465 e. The number of ether oxygens (including phenoxy) is 1. The van der Waals surface area contributed by atoms with Crippen LogP contribution < -0.4 is 16.4 Å². The Hall–Kier alpha value is -0.880. The van der Waals surface area contributed by atoms with E-state index in [1.807, 2.05) is 34.6 Å². The molecule has 100 valence electrons. The van der Waals surface area contributed by atoms with Gasteiger partial charge in [0.2, 0.25) is 0 Å². The van der Waals surface area contributed by atoms with E-state index in [9.17, 15) is 4.79 Å². The van der Waals surface area contributed by atoms with Crippen LogP contribution in [0.3, 0.4) is 0 Å². The predicted molar refractivity (Wildman–Crippen MR) is 71.7 cm³/mol. The van der Waals surface area contributed by atoms with Gasteiger partial charge in [0.1, 0.15) is 10.3 Å². The van der Waals surface area contributed by atoms with Crippen molar-refractivity contribution in [3.63, 3.8) is 0 Å². The molecule has 0 bridgehead atoms. The summed E-state index contributed by atoms with van der Waals surface area (Å²) in [7, 11) is 0. The summed E-state index contributed by atoms with van der Waals surface area (Å²) in [4.78, 5) is 11.5. The normalized spacial score (nSPS) is 15.1. The Labute approximate surface area is 108 Å². The number of thioether (sulfide) groups is 1. The first-order chi connectivity index (χ1) is 8.09. The first-order valence-electron chi connectivity index (χ1n) is 5.89. The minimum absolute atomic E-state index is 0.177. The molecule has 0 spiro atoms. The lowest BCUT2D eigenvalue weighted by Gasteiger charge is -2.12. The number of hydrogen-bond acceptors (Lipinski definition) is 6. The molecule has 0 radical (unpaired) electrons. The molecule has 0 aliphatic carbocycles. The molecule has 1 rings (SSSR count). The second-order valence-corrected chi connectivity index (χ2v) is 5.07. The molecular weight excluding hydrogens is 238 g/mol. The van der Waals surface area contributed by atoms with Crippen LogP contribution in [0.2, 0.25) is 0 Å². The third-order valence-electron chi connectivity index (χ3n) is 1.66. The zero-order valence-corrected chi connectivity index (χ0v) is 12.0. The van der Waals surface area contributed by atoms with E-state index in [0.29, 0.717) is 12.5 Å². The van der Waals surface area contributed by atoms with Crippen LogP contribution in [0.4, 0.5) is 0 Å². The van der Waals surface area contributed by atoms with Crippen molar-refractivity contribution in [2.45, 2.75) is 39.9 Å². The molecule has 0 saturated heterocycles. The molecule has 0 amide bonds. The molecule has 1 unspecified atom stereocenters. The summed E-state index contributed by atoms with van der Waals surface area (Å²) in [5, 5.41) is 0.674. The number of carbonyl (C=O) groups excluding carboxylic acids is 1. The van der Waals surface area contributed by atoms with E-state index in [1.54, 1.807) is 6.20 Å². The average molecular weight is 261 g/mol. The van der Waals surface area contributed by atoms with E-state index in [2.05, 4.69) is 16.4 Å². The van der Waals surface area contributed by atoms with E-state index in [1.165, 1.54) is 11.8 Å². The molecule has 1 aliphatic rings. The number of nitrogens with one attached hydrogen (secondary N) is 3. The lowest BCUT2D eigenvalue weighted by molar-refractivity contribution is -0.143. The predicted octanol–water partition coefficient (Wildman–Crippen LogP) is 1.74. The summed E-state index contributed by atoms with van der Waals surface area (Å²) in [6.07, 6.45) is 1.76. The monoisotopic (exact) mass is 261 g/mol. The number of esters is 1. The van der Waals surface area contributed by atoms with Crippen molar-refractivity contribution < 1.29 is 9.53 Å². The third-order valence-corrected chi connectivity index (χ3v) is 2.68. The fourth-order valence-corrected chi connectivity index (χ4v) is 1.69. The quantitative estimate of drug-likeness (QED) is 0.655. The molecular formula is C11H23N3O2S. The SMILES string of the molecule is CC.CC(C)COC(=O)C(C)SC1=CNNN1. The number of hydrogen-bond donors (Lipinski definition) is 3. The highest BCUT2D eigenvalue weighted by molar-refractivity contribution is 8.04. The van der Waals surface area contributed by atoms with Crippen LogP contribution in [0.25, 0.3) is 0 Å². The van der Waals surface area contributed by atoms with Crippen molar-refractivity contribution in [1.29, 1.82) is 0 Å². The van der Waals surface area contributed by atoms with Crippen molar-refractivity contribution in [2.24, 2.45) is 5.92 Å². The molecule has 0 saturated carbocycles. The standard InChI is InChI=1S/C9H17N3O2S.C2H6/c1-6(2)5-14-9(13)7(3)15-8-4-10-12-11-8;1-2/h4,6-7,10-12H,5H2,1-3H3;1-2H3. The van der Waals surface area contributed by atoms with Crippen molar-refractivity contribution in [2.75, 3.05) is 6.61 Å². The van der Waals surface area contributed by atoms with Gasteiger partial charge in [0, 0.05) is 6.20 Å². The molecule has 0 aromatic heterocycles. The van der Waals surface area contributed by atoms with Gasteiger partial charge in [-0.1, -0.05) is 39.5 Å². The Morgan fingerprint density at radius 1 is 1.41 bits per heavy atom. The van der Waals surface area contributed by atoms with Crippen molar-refractivity contribution in [3.05, 3.63) is 11.2 Å². The largest absolute Gasteiger partial charge is 0.465 e. The van der Waals surface area contributed by atoms with Gasteiger partial charge in [0.15, 0.2) is 0 Å². The summed E-state index contributed by atoms with van der Waals surface area (Å²) in [5.74, 6) is 0.196. The van der Waals surface area contributed by atoms with Crippen molar-refractivity contribution >= 4 is 17.7 Å². The van der Waals surface area contributed by atoms with Gasteiger partial charge in [-0.05, 0) is 12.8 Å². The van der Waals surface area contributed by atoms with Crippen LogP contribution in [0.5, 0.6) is 0 Å². The highest BCUT2D eigenvalue weighted by atomic mass is 32.2. The van der Waals surface area contributed by atoms with Crippen LogP contribution in [0.1, 0.15) is 34.6 Å². The zero-order valence-electron chi connectivity index (χ0n) is 11.2. The van der Waals surface area contributed by atoms with E-state index in [0.717, 1.165) is 5.03 Å². The maximum atomic E-state index is 11.5. The van der Waals surface area contributed by atoms with Gasteiger partial charge in [-0.2, -0.15) is 5.53 Å². The molecule has 1 aliphatic heterocycles. The summed E-state index contributed by atoms with van der Waals surface area (Å²) >= 11 is 1.42. The maximum absolute atomic E-state index is 11.5. The van der Waals surface area contributed by atoms with E-state index in [-0.39, 0.29) is 11.2 Å². The summed E-state index contributed by atoms with van der Waals surface area (Å²) in [6.45, 7) is 10.3. The topological polar surface area (TPSA) is 62.4 Å². The number of carbonyl (C=O) groups is 1. The second kappa shape index (κ2) is 9.18. The smallest absolute Gasteiger partial charge is 0.319 e. The summed E-state index contributed by atoms with van der Waals surface area (Å²) < 4.78 is 5.12. The lowest BCUT2D eigenvalue weighted by Crippen LogP contribution is -2.31. The summed E-state index contributed by atoms with van der Waals surface area (Å²) in [5.41, 5.74) is 8.33. The van der Waals surface area contributed by atoms with Gasteiger partial charge < -0.3 is 10.2 Å².